The lowest BCUT2D eigenvalue weighted by Crippen LogP contribution is -2.43. The van der Waals surface area contributed by atoms with Gasteiger partial charge < -0.3 is 15.4 Å². The molecule has 0 radical (unpaired) electrons. The largest absolute Gasteiger partial charge is 0.433 e. The number of hydrogen-bond donors (Lipinski definition) is 2. The van der Waals surface area contributed by atoms with Crippen molar-refractivity contribution in [1.82, 2.24) is 40.2 Å². The average molecular weight is 600 g/mol. The van der Waals surface area contributed by atoms with E-state index in [1.807, 2.05) is 0 Å². The highest BCUT2D eigenvalue weighted by molar-refractivity contribution is 5.92. The summed E-state index contributed by atoms with van der Waals surface area (Å²) in [5, 5.41) is 20.7. The van der Waals surface area contributed by atoms with Gasteiger partial charge in [0.2, 0.25) is 5.91 Å². The fraction of sp³-hybridized carbons (Fsp3) is 0.520. The van der Waals surface area contributed by atoms with Crippen molar-refractivity contribution >= 4 is 17.6 Å². The van der Waals surface area contributed by atoms with Crippen LogP contribution in [0.5, 0.6) is 5.75 Å². The molecule has 0 unspecified atom stereocenters. The number of piperidine rings is 1. The lowest BCUT2D eigenvalue weighted by molar-refractivity contribution is -0.159. The molecule has 2 aromatic heterocycles. The van der Waals surface area contributed by atoms with Crippen LogP contribution in [0.1, 0.15) is 48.7 Å². The molecule has 0 saturated carbocycles. The van der Waals surface area contributed by atoms with Crippen molar-refractivity contribution in [3.8, 4) is 5.75 Å². The van der Waals surface area contributed by atoms with Gasteiger partial charge in [0.25, 0.3) is 11.8 Å². The molecule has 42 heavy (non-hydrogen) atoms. The number of halogens is 5. The summed E-state index contributed by atoms with van der Waals surface area (Å²) in [6.45, 7) is 1.52. The Balaban J connectivity index is 1.15. The summed E-state index contributed by atoms with van der Waals surface area (Å²) < 4.78 is 74.1. The Morgan fingerprint density at radius 3 is 2.40 bits per heavy atom. The van der Waals surface area contributed by atoms with Crippen molar-refractivity contribution in [3.05, 3.63) is 47.7 Å². The van der Waals surface area contributed by atoms with Gasteiger partial charge in [0.15, 0.2) is 11.5 Å². The van der Waals surface area contributed by atoms with Crippen molar-refractivity contribution in [2.24, 2.45) is 0 Å². The molecule has 3 heterocycles. The number of benzene rings is 1. The van der Waals surface area contributed by atoms with Crippen molar-refractivity contribution in [2.75, 3.05) is 25.0 Å². The minimum absolute atomic E-state index is 0.000343. The smallest absolute Gasteiger partial charge is 0.394 e. The maximum atomic E-state index is 14.0. The maximum Gasteiger partial charge on any atom is 0.394 e. The molecule has 12 nitrogen and oxygen atoms in total. The number of amides is 2. The third-order valence-corrected chi connectivity index (χ3v) is 6.31. The standard InChI is InChI=1S/C25H30F5N9O3/c1-24(27,28)42-18-4-5-19(26)17(12-18)13-31-23(41)20-14-38(35-33-20)8-2-3-9-39-15-21(34-36-39)32-22(40)16-37-10-6-25(29,30)7-11-37/h4-5,12,14-15H,2-3,6-11,13,16H2,1H3,(H,31,41)(H,32,40). The van der Waals surface area contributed by atoms with Crippen molar-refractivity contribution in [2.45, 2.75) is 64.3 Å². The van der Waals surface area contributed by atoms with E-state index in [9.17, 15) is 31.5 Å². The fourth-order valence-corrected chi connectivity index (χ4v) is 4.17. The van der Waals surface area contributed by atoms with Crippen molar-refractivity contribution in [3.63, 3.8) is 0 Å². The van der Waals surface area contributed by atoms with Crippen LogP contribution in [-0.2, 0) is 24.4 Å². The number of carbonyl (C=O) groups excluding carboxylic acids is 2. The summed E-state index contributed by atoms with van der Waals surface area (Å²) in [4.78, 5) is 26.3. The van der Waals surface area contributed by atoms with Crippen molar-refractivity contribution in [1.29, 1.82) is 0 Å². The van der Waals surface area contributed by atoms with Crippen LogP contribution < -0.4 is 15.4 Å². The minimum atomic E-state index is -3.44. The van der Waals surface area contributed by atoms with E-state index >= 15 is 0 Å². The predicted molar refractivity (Wildman–Crippen MR) is 137 cm³/mol. The SMILES string of the molecule is CC(F)(F)Oc1ccc(F)c(CNC(=O)c2cn(CCCCn3cc(NC(=O)CN4CCC(F)(F)CC4)nn3)nn2)c1. The number of likely N-dealkylation sites (tertiary alicyclic amines) is 1. The van der Waals surface area contributed by atoms with E-state index in [2.05, 4.69) is 36.0 Å². The first-order valence-corrected chi connectivity index (χ1v) is 13.2. The van der Waals surface area contributed by atoms with Gasteiger partial charge in [0.1, 0.15) is 11.6 Å². The third kappa shape index (κ3) is 9.46. The van der Waals surface area contributed by atoms with Gasteiger partial charge in [-0.25, -0.2) is 13.2 Å². The molecule has 17 heteroatoms. The number of nitrogens with one attached hydrogen (secondary N) is 2. The number of carbonyl (C=O) groups is 2. The number of hydrogen-bond acceptors (Lipinski definition) is 8. The lowest BCUT2D eigenvalue weighted by Gasteiger charge is -2.30. The van der Waals surface area contributed by atoms with Gasteiger partial charge in [0.05, 0.1) is 18.9 Å². The Labute approximate surface area is 237 Å². The highest BCUT2D eigenvalue weighted by Gasteiger charge is 2.34. The zero-order chi connectivity index (χ0) is 30.3. The Morgan fingerprint density at radius 2 is 1.71 bits per heavy atom. The molecule has 0 spiro atoms. The molecular formula is C25H30F5N9O3. The number of ether oxygens (including phenoxy) is 1. The minimum Gasteiger partial charge on any atom is -0.433 e. The quantitative estimate of drug-likeness (QED) is 0.226. The average Bonchev–Trinajstić information content (AvgIpc) is 3.57. The van der Waals surface area contributed by atoms with E-state index in [0.29, 0.717) is 32.9 Å². The lowest BCUT2D eigenvalue weighted by atomic mass is 10.1. The molecule has 1 aromatic carbocycles. The van der Waals surface area contributed by atoms with Crippen LogP contribution in [0.3, 0.4) is 0 Å². The molecule has 0 bridgehead atoms. The second-order valence-electron chi connectivity index (χ2n) is 9.97. The number of alkyl halides is 4. The first-order valence-electron chi connectivity index (χ1n) is 13.2. The number of aryl methyl sites for hydroxylation is 2. The van der Waals surface area contributed by atoms with Crippen LogP contribution >= 0.6 is 0 Å². The van der Waals surface area contributed by atoms with E-state index in [1.165, 1.54) is 10.9 Å². The van der Waals surface area contributed by atoms with Gasteiger partial charge in [-0.2, -0.15) is 8.78 Å². The number of rotatable bonds is 13. The molecule has 4 rings (SSSR count). The summed E-state index contributed by atoms with van der Waals surface area (Å²) in [6, 6.07) is 3.12. The predicted octanol–water partition coefficient (Wildman–Crippen LogP) is 3.08. The van der Waals surface area contributed by atoms with Gasteiger partial charge in [-0.1, -0.05) is 10.4 Å². The maximum absolute atomic E-state index is 14.0. The van der Waals surface area contributed by atoms with E-state index in [0.717, 1.165) is 18.2 Å². The molecule has 228 valence electrons. The zero-order valence-electron chi connectivity index (χ0n) is 22.7. The normalized spacial score (nSPS) is 15.4. The fourth-order valence-electron chi connectivity index (χ4n) is 4.17. The van der Waals surface area contributed by atoms with Crippen LogP contribution in [0, 0.1) is 5.82 Å². The Hall–Kier alpha value is -4.15. The van der Waals surface area contributed by atoms with E-state index in [4.69, 9.17) is 0 Å². The number of anilines is 1. The Morgan fingerprint density at radius 1 is 1.05 bits per heavy atom. The van der Waals surface area contributed by atoms with Gasteiger partial charge in [-0.3, -0.25) is 23.9 Å². The third-order valence-electron chi connectivity index (χ3n) is 6.31. The van der Waals surface area contributed by atoms with E-state index in [1.54, 1.807) is 15.8 Å². The first-order chi connectivity index (χ1) is 19.8. The molecule has 0 aliphatic carbocycles. The van der Waals surface area contributed by atoms with Crippen molar-refractivity contribution < 1.29 is 36.3 Å². The summed E-state index contributed by atoms with van der Waals surface area (Å²) in [7, 11) is 0. The summed E-state index contributed by atoms with van der Waals surface area (Å²) >= 11 is 0. The second kappa shape index (κ2) is 13.2. The number of unbranched alkanes of at least 4 members (excludes halogenated alkanes) is 1. The summed E-state index contributed by atoms with van der Waals surface area (Å²) in [5.74, 6) is -4.32. The Bertz CT molecular complexity index is 1370. The molecule has 2 amide bonds. The van der Waals surface area contributed by atoms with Crippen LogP contribution in [0.25, 0.3) is 0 Å². The van der Waals surface area contributed by atoms with Crippen LogP contribution in [0.15, 0.2) is 30.6 Å². The molecule has 1 aliphatic rings. The van der Waals surface area contributed by atoms with E-state index < -0.39 is 23.8 Å². The van der Waals surface area contributed by atoms with Crippen LogP contribution in [0.4, 0.5) is 27.8 Å². The molecule has 1 saturated heterocycles. The molecule has 3 aromatic rings. The molecule has 0 atom stereocenters. The topological polar surface area (TPSA) is 132 Å². The van der Waals surface area contributed by atoms with Gasteiger partial charge in [-0.05, 0) is 31.0 Å². The highest BCUT2D eigenvalue weighted by atomic mass is 19.3. The summed E-state index contributed by atoms with van der Waals surface area (Å²) in [6.07, 6.45) is 0.332. The van der Waals surface area contributed by atoms with Crippen LogP contribution in [0.2, 0.25) is 0 Å². The summed E-state index contributed by atoms with van der Waals surface area (Å²) in [5.41, 5.74) is -0.0412. The zero-order valence-corrected chi connectivity index (χ0v) is 22.7. The Kier molecular flexibility index (Phi) is 9.70. The van der Waals surface area contributed by atoms with Crippen LogP contribution in [-0.4, -0.2) is 78.4 Å². The first kappa shape index (κ1) is 30.8. The second-order valence-corrected chi connectivity index (χ2v) is 9.97. The highest BCUT2D eigenvalue weighted by Crippen LogP contribution is 2.27. The molecular weight excluding hydrogens is 569 g/mol. The molecule has 1 aliphatic heterocycles. The molecule has 1 fully saturated rings. The van der Waals surface area contributed by atoms with E-state index in [-0.39, 0.29) is 67.8 Å². The monoisotopic (exact) mass is 599 g/mol. The number of nitrogens with zero attached hydrogens (tertiary/aromatic N) is 7. The van der Waals surface area contributed by atoms with Gasteiger partial charge >= 0.3 is 6.11 Å². The van der Waals surface area contributed by atoms with Gasteiger partial charge in [0, 0.05) is 58.1 Å². The van der Waals surface area contributed by atoms with Gasteiger partial charge in [-0.15, -0.1) is 10.2 Å². The number of aromatic nitrogens is 6. The molecule has 2 N–H and O–H groups in total.